The molecule has 1 aromatic rings. The summed E-state index contributed by atoms with van der Waals surface area (Å²) >= 11 is 1.70. The molecule has 0 aliphatic heterocycles. The van der Waals surface area contributed by atoms with Crippen LogP contribution in [0.2, 0.25) is 18.1 Å². The minimum Gasteiger partial charge on any atom is -0.417 e. The van der Waals surface area contributed by atoms with Crippen molar-refractivity contribution in [1.29, 1.82) is 0 Å². The minimum absolute atomic E-state index is 0.311. The van der Waals surface area contributed by atoms with E-state index in [2.05, 4.69) is 57.2 Å². The highest BCUT2D eigenvalue weighted by Crippen LogP contribution is 2.36. The van der Waals surface area contributed by atoms with Crippen molar-refractivity contribution in [2.45, 2.75) is 58.2 Å². The van der Waals surface area contributed by atoms with E-state index in [1.54, 1.807) is 11.3 Å². The lowest BCUT2D eigenvalue weighted by atomic mass is 10.2. The van der Waals surface area contributed by atoms with Gasteiger partial charge in [-0.3, -0.25) is 0 Å². The fourth-order valence-electron chi connectivity index (χ4n) is 1.36. The van der Waals surface area contributed by atoms with Crippen molar-refractivity contribution in [1.82, 2.24) is 0 Å². The molecule has 0 amide bonds. The van der Waals surface area contributed by atoms with E-state index in [-0.39, 0.29) is 0 Å². The maximum Gasteiger partial charge on any atom is 0.191 e. The lowest BCUT2D eigenvalue weighted by Gasteiger charge is -2.36. The molecule has 0 N–H and O–H groups in total. The number of thiophene rings is 1. The van der Waals surface area contributed by atoms with Crippen LogP contribution in [0.15, 0.2) is 17.5 Å². The smallest absolute Gasteiger partial charge is 0.191 e. The highest BCUT2D eigenvalue weighted by atomic mass is 32.1. The zero-order chi connectivity index (χ0) is 14.4. The molecular formula is C16H26OSSi. The molecule has 0 aliphatic rings. The molecule has 1 rings (SSSR count). The second-order valence-corrected chi connectivity index (χ2v) is 12.1. The zero-order valence-corrected chi connectivity index (χ0v) is 14.7. The molecule has 0 saturated carbocycles. The van der Waals surface area contributed by atoms with Gasteiger partial charge in [-0.15, -0.1) is 11.3 Å². The maximum atomic E-state index is 6.14. The SMILES string of the molecule is CC(C)(C)[Si](C)(C)OCCCCC#Cc1cccs1. The van der Waals surface area contributed by atoms with Gasteiger partial charge in [0.2, 0.25) is 0 Å². The standard InChI is InChI=1S/C16H26OSSi/c1-16(2,3)19(4,5)17-13-9-7-6-8-11-15-12-10-14-18-15/h10,12,14H,6-7,9,13H2,1-5H3. The molecule has 0 bridgehead atoms. The summed E-state index contributed by atoms with van der Waals surface area (Å²) in [6, 6.07) is 4.11. The molecule has 0 aliphatic carbocycles. The van der Waals surface area contributed by atoms with Gasteiger partial charge in [0, 0.05) is 13.0 Å². The number of hydrogen-bond donors (Lipinski definition) is 0. The van der Waals surface area contributed by atoms with E-state index in [0.29, 0.717) is 5.04 Å². The Hall–Kier alpha value is -0.563. The summed E-state index contributed by atoms with van der Waals surface area (Å²) in [5.74, 6) is 6.42. The van der Waals surface area contributed by atoms with Crippen LogP contribution in [-0.4, -0.2) is 14.9 Å². The van der Waals surface area contributed by atoms with Crippen molar-refractivity contribution < 1.29 is 4.43 Å². The molecule has 0 aromatic carbocycles. The van der Waals surface area contributed by atoms with Crippen molar-refractivity contribution in [3.8, 4) is 11.8 Å². The van der Waals surface area contributed by atoms with Gasteiger partial charge in [0.05, 0.1) is 4.88 Å². The molecule has 0 spiro atoms. The first-order valence-electron chi connectivity index (χ1n) is 6.99. The zero-order valence-electron chi connectivity index (χ0n) is 12.9. The third-order valence-corrected chi connectivity index (χ3v) is 9.02. The Bertz CT molecular complexity index is 418. The van der Waals surface area contributed by atoms with Crippen LogP contribution < -0.4 is 0 Å². The Morgan fingerprint density at radius 1 is 1.26 bits per heavy atom. The fourth-order valence-corrected chi connectivity index (χ4v) is 3.04. The number of hydrogen-bond acceptors (Lipinski definition) is 2. The third kappa shape index (κ3) is 5.95. The molecule has 19 heavy (non-hydrogen) atoms. The van der Waals surface area contributed by atoms with Gasteiger partial charge in [-0.05, 0) is 42.4 Å². The second kappa shape index (κ2) is 7.28. The molecule has 0 fully saturated rings. The predicted molar refractivity (Wildman–Crippen MR) is 88.2 cm³/mol. The summed E-state index contributed by atoms with van der Waals surface area (Å²) < 4.78 is 6.14. The van der Waals surface area contributed by atoms with Gasteiger partial charge in [-0.25, -0.2) is 0 Å². The van der Waals surface area contributed by atoms with Crippen LogP contribution in [0.25, 0.3) is 0 Å². The quantitative estimate of drug-likeness (QED) is 0.407. The van der Waals surface area contributed by atoms with Crippen molar-refractivity contribution in [2.75, 3.05) is 6.61 Å². The maximum absolute atomic E-state index is 6.14. The van der Waals surface area contributed by atoms with Crippen LogP contribution in [0.3, 0.4) is 0 Å². The Balaban J connectivity index is 2.15. The normalized spacial score (nSPS) is 12.1. The lowest BCUT2D eigenvalue weighted by Crippen LogP contribution is -2.40. The van der Waals surface area contributed by atoms with Gasteiger partial charge < -0.3 is 4.43 Å². The minimum atomic E-state index is -1.55. The van der Waals surface area contributed by atoms with Crippen molar-refractivity contribution in [3.63, 3.8) is 0 Å². The molecule has 1 heterocycles. The van der Waals surface area contributed by atoms with Gasteiger partial charge in [0.15, 0.2) is 8.32 Å². The van der Waals surface area contributed by atoms with Crippen LogP contribution in [-0.2, 0) is 4.43 Å². The molecule has 1 aromatic heterocycles. The lowest BCUT2D eigenvalue weighted by molar-refractivity contribution is 0.280. The summed E-state index contributed by atoms with van der Waals surface area (Å²) in [5, 5.41) is 2.38. The van der Waals surface area contributed by atoms with Crippen LogP contribution in [0, 0.1) is 11.8 Å². The van der Waals surface area contributed by atoms with E-state index in [1.165, 1.54) is 0 Å². The van der Waals surface area contributed by atoms with Crippen molar-refractivity contribution >= 4 is 19.7 Å². The second-order valence-electron chi connectivity index (χ2n) is 6.34. The highest BCUT2D eigenvalue weighted by Gasteiger charge is 2.36. The van der Waals surface area contributed by atoms with Crippen LogP contribution in [0.1, 0.15) is 44.9 Å². The molecular weight excluding hydrogens is 268 g/mol. The predicted octanol–water partition coefficient (Wildman–Crippen LogP) is 5.29. The largest absolute Gasteiger partial charge is 0.417 e. The van der Waals surface area contributed by atoms with E-state index in [0.717, 1.165) is 30.7 Å². The molecule has 3 heteroatoms. The Morgan fingerprint density at radius 2 is 2.00 bits per heavy atom. The first-order valence-corrected chi connectivity index (χ1v) is 10.8. The van der Waals surface area contributed by atoms with E-state index >= 15 is 0 Å². The van der Waals surface area contributed by atoms with Crippen LogP contribution in [0.4, 0.5) is 0 Å². The van der Waals surface area contributed by atoms with E-state index in [9.17, 15) is 0 Å². The van der Waals surface area contributed by atoms with Crippen molar-refractivity contribution in [3.05, 3.63) is 22.4 Å². The Labute approximate surface area is 123 Å². The Kier molecular flexibility index (Phi) is 6.32. The number of unbranched alkanes of at least 4 members (excludes halogenated alkanes) is 2. The molecule has 0 saturated heterocycles. The van der Waals surface area contributed by atoms with Gasteiger partial charge in [0.1, 0.15) is 0 Å². The summed E-state index contributed by atoms with van der Waals surface area (Å²) in [5.41, 5.74) is 0. The molecule has 0 unspecified atom stereocenters. The fraction of sp³-hybridized carbons (Fsp3) is 0.625. The summed E-state index contributed by atoms with van der Waals surface area (Å²) in [7, 11) is -1.55. The molecule has 0 radical (unpaired) electrons. The van der Waals surface area contributed by atoms with Gasteiger partial charge in [-0.1, -0.05) is 38.7 Å². The molecule has 0 atom stereocenters. The van der Waals surface area contributed by atoms with Gasteiger partial charge in [-0.2, -0.15) is 0 Å². The van der Waals surface area contributed by atoms with Gasteiger partial charge >= 0.3 is 0 Å². The third-order valence-electron chi connectivity index (χ3n) is 3.70. The first kappa shape index (κ1) is 16.5. The monoisotopic (exact) mass is 294 g/mol. The first-order chi connectivity index (χ1) is 8.83. The summed E-state index contributed by atoms with van der Waals surface area (Å²) in [4.78, 5) is 1.16. The average molecular weight is 295 g/mol. The van der Waals surface area contributed by atoms with Gasteiger partial charge in [0.25, 0.3) is 0 Å². The average Bonchev–Trinajstić information content (AvgIpc) is 2.79. The topological polar surface area (TPSA) is 9.23 Å². The summed E-state index contributed by atoms with van der Waals surface area (Å²) in [6.07, 6.45) is 3.22. The van der Waals surface area contributed by atoms with Crippen molar-refractivity contribution in [2.24, 2.45) is 0 Å². The number of rotatable bonds is 5. The Morgan fingerprint density at radius 3 is 2.58 bits per heavy atom. The van der Waals surface area contributed by atoms with Crippen LogP contribution >= 0.6 is 11.3 Å². The van der Waals surface area contributed by atoms with E-state index in [4.69, 9.17) is 4.43 Å². The summed E-state index contributed by atoms with van der Waals surface area (Å²) in [6.45, 7) is 12.4. The van der Waals surface area contributed by atoms with E-state index < -0.39 is 8.32 Å². The van der Waals surface area contributed by atoms with Crippen LogP contribution in [0.5, 0.6) is 0 Å². The highest BCUT2D eigenvalue weighted by molar-refractivity contribution is 7.10. The van der Waals surface area contributed by atoms with E-state index in [1.807, 2.05) is 6.07 Å². The molecule has 106 valence electrons. The molecule has 1 nitrogen and oxygen atoms in total.